The number of rotatable bonds is 3. The van der Waals surface area contributed by atoms with Crippen LogP contribution >= 0.6 is 0 Å². The molecule has 0 aliphatic rings. The first-order chi connectivity index (χ1) is 29.7. The zero-order valence-corrected chi connectivity index (χ0v) is 38.0. The molecule has 0 spiro atoms. The molecule has 62 heavy (non-hydrogen) atoms. The second kappa shape index (κ2) is 20.2. The Morgan fingerprint density at radius 2 is 0.968 bits per heavy atom. The van der Waals surface area contributed by atoms with Gasteiger partial charge in [0.25, 0.3) is 0 Å². The summed E-state index contributed by atoms with van der Waals surface area (Å²) in [5.41, 5.74) is 7.75. The number of hydrogen-bond donors (Lipinski definition) is 0. The predicted octanol–water partition coefficient (Wildman–Crippen LogP) is 11.6. The molecule has 0 radical (unpaired) electrons. The van der Waals surface area contributed by atoms with Gasteiger partial charge in [-0.05, 0) is 84.4 Å². The zero-order chi connectivity index (χ0) is 40.7. The van der Waals surface area contributed by atoms with Gasteiger partial charge in [-0.25, -0.2) is 0 Å². The van der Waals surface area contributed by atoms with Crippen molar-refractivity contribution in [2.24, 2.45) is 0 Å². The molecule has 0 atom stereocenters. The molecule has 0 unspecified atom stereocenters. The van der Waals surface area contributed by atoms with Gasteiger partial charge in [-0.2, -0.15) is 0 Å². The monoisotopic (exact) mass is 1170 g/mol. The molecule has 0 amide bonds. The Hall–Kier alpha value is -6.72. The molecule has 0 saturated carbocycles. The summed E-state index contributed by atoms with van der Waals surface area (Å²) in [6.45, 7) is 0. The predicted molar refractivity (Wildman–Crippen MR) is 242 cm³/mol. The zero-order valence-electron chi connectivity index (χ0n) is 33.5. The molecule has 0 aliphatic heterocycles. The first kappa shape index (κ1) is 43.4. The molecule has 0 N–H and O–H groups in total. The van der Waals surface area contributed by atoms with Gasteiger partial charge in [0.2, 0.25) is 0 Å². The summed E-state index contributed by atoms with van der Waals surface area (Å²) in [6.07, 6.45) is 3.65. The molecule has 6 aromatic carbocycles. The van der Waals surface area contributed by atoms with Crippen molar-refractivity contribution in [3.05, 3.63) is 194 Å². The second-order valence-electron chi connectivity index (χ2n) is 13.6. The maximum atomic E-state index is 5.07. The van der Waals surface area contributed by atoms with Crippen LogP contribution in [0.1, 0.15) is 0 Å². The van der Waals surface area contributed by atoms with Crippen molar-refractivity contribution in [2.75, 3.05) is 14.2 Å². The second-order valence-corrected chi connectivity index (χ2v) is 13.6. The number of para-hydroxylation sites is 3. The molecule has 0 aliphatic carbocycles. The average Bonchev–Trinajstić information content (AvgIpc) is 3.90. The van der Waals surface area contributed by atoms with Crippen LogP contribution in [0.4, 0.5) is 0 Å². The first-order valence-corrected chi connectivity index (χ1v) is 19.3. The van der Waals surface area contributed by atoms with Crippen molar-refractivity contribution < 1.29 is 51.6 Å². The Balaban J connectivity index is 0.000000123. The van der Waals surface area contributed by atoms with Crippen molar-refractivity contribution in [3.63, 3.8) is 0 Å². The molecule has 0 saturated heterocycles. The van der Waals surface area contributed by atoms with Crippen LogP contribution in [0.25, 0.3) is 87.6 Å². The molecular weight excluding hydrogens is 1130 g/mol. The molecular formula is C52H36N6O2Pt2. The van der Waals surface area contributed by atoms with Crippen molar-refractivity contribution in [2.45, 2.75) is 0 Å². The number of fused-ring (bicyclic) bond motifs is 10. The molecule has 12 rings (SSSR count). The van der Waals surface area contributed by atoms with E-state index in [4.69, 9.17) is 9.47 Å². The Morgan fingerprint density at radius 3 is 1.58 bits per heavy atom. The van der Waals surface area contributed by atoms with Gasteiger partial charge < -0.3 is 34.4 Å². The van der Waals surface area contributed by atoms with Crippen LogP contribution in [0.15, 0.2) is 182 Å². The summed E-state index contributed by atoms with van der Waals surface area (Å²) in [5.74, 6) is 1.20. The Kier molecular flexibility index (Phi) is 14.1. The summed E-state index contributed by atoms with van der Waals surface area (Å²) < 4.78 is 10.1. The van der Waals surface area contributed by atoms with E-state index in [9.17, 15) is 0 Å². The number of nitrogens with zero attached hydrogens (tertiary/aromatic N) is 6. The van der Waals surface area contributed by atoms with Gasteiger partial charge in [-0.15, -0.1) is 70.9 Å². The third-order valence-electron chi connectivity index (χ3n) is 10.00. The number of pyridine rings is 4. The number of ether oxygens (including phenoxy) is 2. The van der Waals surface area contributed by atoms with Crippen LogP contribution in [0.5, 0.6) is 11.8 Å². The minimum Gasteiger partial charge on any atom is -0.500 e. The first-order valence-electron chi connectivity index (χ1n) is 19.3. The van der Waals surface area contributed by atoms with Crippen LogP contribution in [-0.2, 0) is 42.1 Å². The van der Waals surface area contributed by atoms with E-state index < -0.39 is 0 Å². The van der Waals surface area contributed by atoms with Crippen LogP contribution in [0.2, 0.25) is 0 Å². The quantitative estimate of drug-likeness (QED) is 0.127. The van der Waals surface area contributed by atoms with Gasteiger partial charge in [0, 0.05) is 17.9 Å². The fourth-order valence-corrected chi connectivity index (χ4v) is 7.12. The smallest absolute Gasteiger partial charge is 0.500 e. The van der Waals surface area contributed by atoms with E-state index in [0.717, 1.165) is 76.8 Å². The van der Waals surface area contributed by atoms with E-state index in [0.29, 0.717) is 11.8 Å². The molecule has 0 fully saturated rings. The minimum absolute atomic E-state index is 0. The van der Waals surface area contributed by atoms with E-state index in [1.54, 1.807) is 14.2 Å². The number of aromatic nitrogens is 6. The number of benzene rings is 6. The Labute approximate surface area is 386 Å². The topological polar surface area (TPSA) is 98.2 Å². The van der Waals surface area contributed by atoms with Gasteiger partial charge in [0.05, 0.1) is 14.2 Å². The molecule has 12 aromatic rings. The summed E-state index contributed by atoms with van der Waals surface area (Å²) in [6, 6.07) is 62.7. The van der Waals surface area contributed by atoms with Crippen molar-refractivity contribution >= 4 is 76.5 Å². The van der Waals surface area contributed by atoms with E-state index in [-0.39, 0.29) is 42.1 Å². The number of hydrogen-bond acceptors (Lipinski definition) is 6. The molecule has 8 nitrogen and oxygen atoms in total. The normalized spacial score (nSPS) is 10.5. The molecule has 306 valence electrons. The third-order valence-corrected chi connectivity index (χ3v) is 10.00. The van der Waals surface area contributed by atoms with Gasteiger partial charge in [-0.1, -0.05) is 109 Å². The van der Waals surface area contributed by atoms with Crippen LogP contribution in [-0.4, -0.2) is 34.2 Å². The minimum atomic E-state index is 0. The van der Waals surface area contributed by atoms with Crippen molar-refractivity contribution in [1.82, 2.24) is 29.9 Å². The molecule has 6 aromatic heterocycles. The maximum Gasteiger partial charge on any atom is 2.00 e. The van der Waals surface area contributed by atoms with E-state index in [1.807, 2.05) is 116 Å². The van der Waals surface area contributed by atoms with Crippen LogP contribution < -0.4 is 19.4 Å². The standard InChI is InChI=1S/C15H10N.C13H8N.2C12H9N2O.2Pt/c1-2-6-12(7-3-1)14-10-4-8-13-9-5-11-16-15(13)14;1-2-6-12-10(4-1)7-8-11-5-3-9-14-13(11)12;2*1-15-11-7-6-9-8-4-2-3-5-10(8)13-12(9)14-11;;/h1-6,8-11H;1-5,7-9H;2*2-7H,1H3;;/q4*-1;2*+2. The Bertz CT molecular complexity index is 3220. The van der Waals surface area contributed by atoms with E-state index >= 15 is 0 Å². The number of methoxy groups -OCH3 is 2. The van der Waals surface area contributed by atoms with E-state index in [2.05, 4.69) is 109 Å². The van der Waals surface area contributed by atoms with Crippen LogP contribution in [0.3, 0.4) is 0 Å². The molecule has 10 heteroatoms. The largest absolute Gasteiger partial charge is 2.00 e. The fourth-order valence-electron chi connectivity index (χ4n) is 7.12. The van der Waals surface area contributed by atoms with Gasteiger partial charge in [-0.3, -0.25) is 4.98 Å². The maximum absolute atomic E-state index is 5.07. The van der Waals surface area contributed by atoms with Crippen LogP contribution in [0, 0.1) is 12.1 Å². The third kappa shape index (κ3) is 9.28. The van der Waals surface area contributed by atoms with Gasteiger partial charge >= 0.3 is 42.1 Å². The summed E-state index contributed by atoms with van der Waals surface area (Å²) >= 11 is 0. The average molecular weight is 1170 g/mol. The van der Waals surface area contributed by atoms with Gasteiger partial charge in [0.1, 0.15) is 11.8 Å². The Morgan fingerprint density at radius 1 is 0.435 bits per heavy atom. The fraction of sp³-hybridized carbons (Fsp3) is 0.0385. The van der Waals surface area contributed by atoms with Gasteiger partial charge in [0.15, 0.2) is 0 Å². The summed E-state index contributed by atoms with van der Waals surface area (Å²) in [7, 11) is 3.22. The van der Waals surface area contributed by atoms with Crippen molar-refractivity contribution in [3.8, 4) is 22.9 Å². The molecule has 0 bridgehead atoms. The molecule has 6 heterocycles. The SMILES string of the molecule is COc1ccc2c(n1)[n-]c1ccccc12.COc1ccc2c(n1)[n-]c1ccccc12.[Pt+2].[Pt+2].[c-]1cccc2ccc3cccnc3c12.[c-]1ccccc1-c1cccc2cccnc12. The summed E-state index contributed by atoms with van der Waals surface area (Å²) in [4.78, 5) is 26.3. The van der Waals surface area contributed by atoms with E-state index in [1.165, 1.54) is 10.8 Å². The van der Waals surface area contributed by atoms with Crippen molar-refractivity contribution in [1.29, 1.82) is 0 Å². The summed E-state index contributed by atoms with van der Waals surface area (Å²) in [5, 5.41) is 9.06.